The molecule has 0 radical (unpaired) electrons. The minimum atomic E-state index is -0.107. The fraction of sp³-hybridized carbons (Fsp3) is 0.368. The predicted octanol–water partition coefficient (Wildman–Crippen LogP) is 0.751. The molecule has 1 saturated heterocycles. The van der Waals surface area contributed by atoms with E-state index in [1.807, 2.05) is 24.3 Å². The summed E-state index contributed by atoms with van der Waals surface area (Å²) < 4.78 is 5.36. The lowest BCUT2D eigenvalue weighted by molar-refractivity contribution is -0.908. The van der Waals surface area contributed by atoms with Crippen molar-refractivity contribution >= 4 is 27.7 Å². The average molecular weight is 339 g/mol. The number of quaternary nitrogens is 1. The molecule has 1 aromatic carbocycles. The van der Waals surface area contributed by atoms with Crippen molar-refractivity contribution in [2.24, 2.45) is 0 Å². The molecule has 1 aliphatic heterocycles. The molecule has 0 saturated carbocycles. The van der Waals surface area contributed by atoms with Gasteiger partial charge in [-0.2, -0.15) is 0 Å². The van der Waals surface area contributed by atoms with Crippen molar-refractivity contribution in [1.29, 1.82) is 0 Å². The Morgan fingerprint density at radius 3 is 2.92 bits per heavy atom. The number of amides is 1. The Balaban J connectivity index is 1.39. The molecule has 6 nitrogen and oxygen atoms in total. The molecule has 130 valence electrons. The molecule has 0 bridgehead atoms. The standard InChI is InChI=1S/C19H22N4O2/c24-19(20-6-3-7-23-8-10-25-11-9-23)17-12-15-14-4-1-2-5-16(14)22-18(15)13-21-17/h1-2,4-5,12-13,22H,3,6-11H2,(H,20,24)/p+1. The quantitative estimate of drug-likeness (QED) is 0.601. The molecule has 2 aromatic heterocycles. The molecule has 6 heteroatoms. The van der Waals surface area contributed by atoms with E-state index in [0.717, 1.165) is 61.1 Å². The molecule has 4 rings (SSSR count). The van der Waals surface area contributed by atoms with Crippen molar-refractivity contribution in [2.75, 3.05) is 39.4 Å². The van der Waals surface area contributed by atoms with Gasteiger partial charge >= 0.3 is 0 Å². The van der Waals surface area contributed by atoms with Crippen molar-refractivity contribution in [2.45, 2.75) is 6.42 Å². The Bertz CT molecular complexity index is 883. The number of pyridine rings is 1. The predicted molar refractivity (Wildman–Crippen MR) is 96.9 cm³/mol. The van der Waals surface area contributed by atoms with E-state index >= 15 is 0 Å². The average Bonchev–Trinajstić information content (AvgIpc) is 3.04. The fourth-order valence-corrected chi connectivity index (χ4v) is 3.42. The van der Waals surface area contributed by atoms with Gasteiger partial charge in [-0.25, -0.2) is 4.98 Å². The molecule has 3 aromatic rings. The molecule has 0 spiro atoms. The Morgan fingerprint density at radius 2 is 2.04 bits per heavy atom. The van der Waals surface area contributed by atoms with Crippen molar-refractivity contribution in [3.63, 3.8) is 0 Å². The molecule has 3 N–H and O–H groups in total. The number of fused-ring (bicyclic) bond motifs is 3. The highest BCUT2D eigenvalue weighted by Gasteiger charge is 2.14. The zero-order valence-corrected chi connectivity index (χ0v) is 14.2. The molecule has 0 unspecified atom stereocenters. The van der Waals surface area contributed by atoms with Crippen LogP contribution >= 0.6 is 0 Å². The highest BCUT2D eigenvalue weighted by Crippen LogP contribution is 2.24. The van der Waals surface area contributed by atoms with Gasteiger partial charge in [-0.15, -0.1) is 0 Å². The highest BCUT2D eigenvalue weighted by molar-refractivity contribution is 6.09. The van der Waals surface area contributed by atoms with E-state index in [-0.39, 0.29) is 5.91 Å². The van der Waals surface area contributed by atoms with Crippen molar-refractivity contribution < 1.29 is 14.4 Å². The Hall–Kier alpha value is -2.44. The number of nitrogens with zero attached hydrogens (tertiary/aromatic N) is 1. The number of benzene rings is 1. The van der Waals surface area contributed by atoms with Crippen LogP contribution in [0.15, 0.2) is 36.5 Å². The van der Waals surface area contributed by atoms with Gasteiger partial charge < -0.3 is 19.9 Å². The topological polar surface area (TPSA) is 71.4 Å². The van der Waals surface area contributed by atoms with Crippen LogP contribution < -0.4 is 10.2 Å². The van der Waals surface area contributed by atoms with Gasteiger partial charge in [-0.1, -0.05) is 18.2 Å². The lowest BCUT2D eigenvalue weighted by atomic mass is 10.1. The second-order valence-corrected chi connectivity index (χ2v) is 6.51. The Morgan fingerprint density at radius 1 is 1.20 bits per heavy atom. The first kappa shape index (κ1) is 16.1. The van der Waals surface area contributed by atoms with Crippen molar-refractivity contribution in [3.05, 3.63) is 42.2 Å². The molecular weight excluding hydrogens is 316 g/mol. The summed E-state index contributed by atoms with van der Waals surface area (Å²) in [6.07, 6.45) is 2.71. The van der Waals surface area contributed by atoms with E-state index in [4.69, 9.17) is 4.74 Å². The minimum absolute atomic E-state index is 0.107. The van der Waals surface area contributed by atoms with Gasteiger partial charge in [0.05, 0.1) is 31.5 Å². The number of carbonyl (C=O) groups is 1. The zero-order valence-electron chi connectivity index (χ0n) is 14.2. The van der Waals surface area contributed by atoms with Crippen molar-refractivity contribution in [1.82, 2.24) is 15.3 Å². The van der Waals surface area contributed by atoms with E-state index in [0.29, 0.717) is 12.2 Å². The van der Waals surface area contributed by atoms with E-state index in [2.05, 4.69) is 21.4 Å². The highest BCUT2D eigenvalue weighted by atomic mass is 16.5. The third-order valence-corrected chi connectivity index (χ3v) is 4.82. The number of nitrogens with one attached hydrogen (secondary N) is 3. The molecule has 1 aliphatic rings. The molecule has 1 fully saturated rings. The van der Waals surface area contributed by atoms with Crippen LogP contribution in [0.25, 0.3) is 21.8 Å². The first-order valence-electron chi connectivity index (χ1n) is 8.87. The lowest BCUT2D eigenvalue weighted by Gasteiger charge is -2.23. The smallest absolute Gasteiger partial charge is 0.269 e. The molecule has 25 heavy (non-hydrogen) atoms. The van der Waals surface area contributed by atoms with Crippen LogP contribution in [-0.4, -0.2) is 55.3 Å². The molecule has 0 aliphatic carbocycles. The number of hydrogen-bond acceptors (Lipinski definition) is 3. The number of aromatic amines is 1. The third kappa shape index (κ3) is 3.50. The van der Waals surface area contributed by atoms with Gasteiger partial charge in [-0.3, -0.25) is 4.79 Å². The number of hydrogen-bond donors (Lipinski definition) is 3. The zero-order chi connectivity index (χ0) is 17.1. The van der Waals surface area contributed by atoms with Crippen LogP contribution in [0, 0.1) is 0 Å². The fourth-order valence-electron chi connectivity index (χ4n) is 3.42. The maximum absolute atomic E-state index is 12.4. The normalized spacial score (nSPS) is 15.7. The Labute approximate surface area is 146 Å². The summed E-state index contributed by atoms with van der Waals surface area (Å²) in [6.45, 7) is 5.56. The molecule has 3 heterocycles. The van der Waals surface area contributed by atoms with E-state index in [9.17, 15) is 4.79 Å². The second kappa shape index (κ2) is 7.21. The third-order valence-electron chi connectivity index (χ3n) is 4.82. The maximum Gasteiger partial charge on any atom is 0.269 e. The molecule has 0 atom stereocenters. The van der Waals surface area contributed by atoms with Gasteiger partial charge in [0.2, 0.25) is 0 Å². The number of rotatable bonds is 5. The van der Waals surface area contributed by atoms with Crippen molar-refractivity contribution in [3.8, 4) is 0 Å². The number of carbonyl (C=O) groups excluding carboxylic acids is 1. The van der Waals surface area contributed by atoms with Crippen LogP contribution in [-0.2, 0) is 4.74 Å². The van der Waals surface area contributed by atoms with Crippen LogP contribution in [0.2, 0.25) is 0 Å². The number of H-pyrrole nitrogens is 1. The van der Waals surface area contributed by atoms with Gasteiger partial charge in [0.15, 0.2) is 0 Å². The number of aromatic nitrogens is 2. The lowest BCUT2D eigenvalue weighted by Crippen LogP contribution is -3.14. The first-order valence-corrected chi connectivity index (χ1v) is 8.87. The maximum atomic E-state index is 12.4. The van der Waals surface area contributed by atoms with Crippen LogP contribution in [0.3, 0.4) is 0 Å². The number of para-hydroxylation sites is 1. The SMILES string of the molecule is O=C(NCCC[NH+]1CCOCC1)c1cc2c(cn1)[nH]c1ccccc12. The summed E-state index contributed by atoms with van der Waals surface area (Å²) in [7, 11) is 0. The van der Waals surface area contributed by atoms with Gasteiger partial charge in [-0.05, 0) is 12.1 Å². The van der Waals surface area contributed by atoms with Gasteiger partial charge in [0, 0.05) is 29.3 Å². The summed E-state index contributed by atoms with van der Waals surface area (Å²) in [6, 6.07) is 9.96. The monoisotopic (exact) mass is 339 g/mol. The van der Waals surface area contributed by atoms with Crippen LogP contribution in [0.4, 0.5) is 0 Å². The van der Waals surface area contributed by atoms with E-state index in [1.165, 1.54) is 0 Å². The van der Waals surface area contributed by atoms with Crippen LogP contribution in [0.1, 0.15) is 16.9 Å². The van der Waals surface area contributed by atoms with E-state index < -0.39 is 0 Å². The second-order valence-electron chi connectivity index (χ2n) is 6.51. The Kier molecular flexibility index (Phi) is 4.63. The number of morpholine rings is 1. The molecule has 1 amide bonds. The summed E-state index contributed by atoms with van der Waals surface area (Å²) in [5, 5.41) is 5.14. The summed E-state index contributed by atoms with van der Waals surface area (Å²) in [4.78, 5) is 21.6. The minimum Gasteiger partial charge on any atom is -0.370 e. The van der Waals surface area contributed by atoms with E-state index in [1.54, 1.807) is 11.1 Å². The first-order chi connectivity index (χ1) is 12.3. The summed E-state index contributed by atoms with van der Waals surface area (Å²) in [5.74, 6) is -0.107. The van der Waals surface area contributed by atoms with Gasteiger partial charge in [0.25, 0.3) is 5.91 Å². The number of ether oxygens (including phenoxy) is 1. The summed E-state index contributed by atoms with van der Waals surface area (Å²) in [5.41, 5.74) is 2.48. The van der Waals surface area contributed by atoms with Gasteiger partial charge in [0.1, 0.15) is 18.8 Å². The molecular formula is C19H23N4O2+. The van der Waals surface area contributed by atoms with Crippen LogP contribution in [0.5, 0.6) is 0 Å². The largest absolute Gasteiger partial charge is 0.370 e. The summed E-state index contributed by atoms with van der Waals surface area (Å²) >= 11 is 0.